The fourth-order valence-corrected chi connectivity index (χ4v) is 3.28. The molecule has 1 atom stereocenters. The number of rotatable bonds is 5. The fraction of sp³-hybridized carbons (Fsp3) is 0.273. The van der Waals surface area contributed by atoms with Crippen LogP contribution in [0.25, 0.3) is 6.08 Å². The van der Waals surface area contributed by atoms with Crippen molar-refractivity contribution in [3.8, 4) is 0 Å². The number of carboxylic acids is 1. The lowest BCUT2D eigenvalue weighted by Crippen LogP contribution is -2.48. The first-order chi connectivity index (χ1) is 12.9. The Bertz CT molecular complexity index is 924. The highest BCUT2D eigenvalue weighted by atomic mass is 35.5. The Labute approximate surface area is 168 Å². The van der Waals surface area contributed by atoms with E-state index >= 15 is 0 Å². The van der Waals surface area contributed by atoms with Crippen LogP contribution < -0.4 is 0 Å². The van der Waals surface area contributed by atoms with Gasteiger partial charge in [0.05, 0.1) is 5.02 Å². The molecule has 1 aromatic carbocycles. The highest BCUT2D eigenvalue weighted by molar-refractivity contribution is 6.30. The van der Waals surface area contributed by atoms with Crippen molar-refractivity contribution in [1.82, 2.24) is 0 Å². The summed E-state index contributed by atoms with van der Waals surface area (Å²) in [6, 6.07) is 4.21. The largest absolute Gasteiger partial charge is 0.478 e. The Hall–Kier alpha value is -2.50. The van der Waals surface area contributed by atoms with Crippen molar-refractivity contribution in [3.63, 3.8) is 0 Å². The van der Waals surface area contributed by atoms with Crippen molar-refractivity contribution in [2.24, 2.45) is 5.41 Å². The summed E-state index contributed by atoms with van der Waals surface area (Å²) < 4.78 is 13.3. The Balaban J connectivity index is 2.46. The molecule has 1 aliphatic rings. The first kappa shape index (κ1) is 21.8. The summed E-state index contributed by atoms with van der Waals surface area (Å²) in [7, 11) is 0. The van der Waals surface area contributed by atoms with Gasteiger partial charge in [0.2, 0.25) is 0 Å². The van der Waals surface area contributed by atoms with Gasteiger partial charge in [-0.15, -0.1) is 0 Å². The number of aliphatic carboxylic acids is 1. The van der Waals surface area contributed by atoms with E-state index in [0.717, 1.165) is 6.08 Å². The number of carbonyl (C=O) groups excluding carboxylic acids is 1. The van der Waals surface area contributed by atoms with E-state index in [-0.39, 0.29) is 17.2 Å². The number of halogens is 2. The summed E-state index contributed by atoms with van der Waals surface area (Å²) in [5, 5.41) is 20.2. The molecule has 0 aliphatic heterocycles. The lowest BCUT2D eigenvalue weighted by atomic mass is 9.64. The standard InChI is InChI=1S/C22H22ClFO4/c1-14(10-20(26)27)8-9-22(28)16(12-17(25)13-21(22,2)3)6-4-15-5-7-19(24)18(23)11-15/h4-12,28H,13H2,1-3H3,(H,26,27)/b6-4+,9-8+,14-10-/t22-/m1/s1. The molecule has 28 heavy (non-hydrogen) atoms. The van der Waals surface area contributed by atoms with Crippen LogP contribution in [-0.4, -0.2) is 27.6 Å². The van der Waals surface area contributed by atoms with E-state index in [0.29, 0.717) is 16.7 Å². The quantitative estimate of drug-likeness (QED) is 0.549. The lowest BCUT2D eigenvalue weighted by Gasteiger charge is -2.44. The van der Waals surface area contributed by atoms with Gasteiger partial charge in [-0.2, -0.15) is 0 Å². The molecule has 1 aliphatic carbocycles. The molecule has 0 fully saturated rings. The van der Waals surface area contributed by atoms with Crippen molar-refractivity contribution < 1.29 is 24.2 Å². The second kappa shape index (κ2) is 8.25. The number of carbonyl (C=O) groups is 2. The maximum atomic E-state index is 13.3. The van der Waals surface area contributed by atoms with Gasteiger partial charge in [0, 0.05) is 17.9 Å². The van der Waals surface area contributed by atoms with E-state index in [1.807, 2.05) is 0 Å². The van der Waals surface area contributed by atoms with Crippen LogP contribution in [0.5, 0.6) is 0 Å². The number of carboxylic acid groups (broad SMARTS) is 1. The first-order valence-corrected chi connectivity index (χ1v) is 9.03. The molecule has 0 spiro atoms. The Morgan fingerprint density at radius 1 is 1.29 bits per heavy atom. The van der Waals surface area contributed by atoms with Crippen LogP contribution in [0.3, 0.4) is 0 Å². The highest BCUT2D eigenvalue weighted by Crippen LogP contribution is 2.45. The monoisotopic (exact) mass is 404 g/mol. The predicted molar refractivity (Wildman–Crippen MR) is 107 cm³/mol. The third-order valence-corrected chi connectivity index (χ3v) is 5.03. The molecule has 1 aromatic rings. The fourth-order valence-electron chi connectivity index (χ4n) is 3.09. The van der Waals surface area contributed by atoms with Crippen LogP contribution in [0.1, 0.15) is 32.8 Å². The molecule has 0 aromatic heterocycles. The summed E-state index contributed by atoms with van der Waals surface area (Å²) in [6.07, 6.45) is 8.76. The highest BCUT2D eigenvalue weighted by Gasteiger charge is 2.47. The van der Waals surface area contributed by atoms with Crippen LogP contribution in [-0.2, 0) is 9.59 Å². The van der Waals surface area contributed by atoms with Gasteiger partial charge in [0.1, 0.15) is 11.4 Å². The second-order valence-electron chi connectivity index (χ2n) is 7.46. The van der Waals surface area contributed by atoms with Gasteiger partial charge in [-0.1, -0.05) is 49.7 Å². The average Bonchev–Trinajstić information content (AvgIpc) is 2.57. The maximum absolute atomic E-state index is 13.3. The average molecular weight is 405 g/mol. The molecule has 0 saturated heterocycles. The van der Waals surface area contributed by atoms with E-state index in [4.69, 9.17) is 16.7 Å². The van der Waals surface area contributed by atoms with E-state index in [9.17, 15) is 19.1 Å². The summed E-state index contributed by atoms with van der Waals surface area (Å²) in [6.45, 7) is 5.14. The number of aliphatic hydroxyl groups is 1. The zero-order valence-corrected chi connectivity index (χ0v) is 16.6. The zero-order chi connectivity index (χ0) is 21.1. The van der Waals surface area contributed by atoms with Crippen LogP contribution in [0, 0.1) is 11.2 Å². The van der Waals surface area contributed by atoms with Gasteiger partial charge in [-0.3, -0.25) is 4.79 Å². The molecule has 2 rings (SSSR count). The normalized spacial score (nSPS) is 22.7. The maximum Gasteiger partial charge on any atom is 0.328 e. The van der Waals surface area contributed by atoms with Crippen molar-refractivity contribution in [3.05, 3.63) is 76.1 Å². The van der Waals surface area contributed by atoms with Crippen LogP contribution in [0.4, 0.5) is 4.39 Å². The van der Waals surface area contributed by atoms with E-state index in [1.54, 1.807) is 32.9 Å². The molecular formula is C22H22ClFO4. The van der Waals surface area contributed by atoms with Crippen molar-refractivity contribution in [2.45, 2.75) is 32.8 Å². The minimum absolute atomic E-state index is 0.0271. The molecule has 4 nitrogen and oxygen atoms in total. The van der Waals surface area contributed by atoms with Crippen LogP contribution >= 0.6 is 11.6 Å². The van der Waals surface area contributed by atoms with E-state index in [1.165, 1.54) is 36.4 Å². The Kier molecular flexibility index (Phi) is 6.42. The van der Waals surface area contributed by atoms with Crippen molar-refractivity contribution >= 4 is 29.4 Å². The number of benzene rings is 1. The van der Waals surface area contributed by atoms with E-state index < -0.39 is 22.8 Å². The molecule has 0 saturated carbocycles. The molecule has 2 N–H and O–H groups in total. The summed E-state index contributed by atoms with van der Waals surface area (Å²) in [5.41, 5.74) is -0.916. The third kappa shape index (κ3) is 4.86. The van der Waals surface area contributed by atoms with Gasteiger partial charge in [0.15, 0.2) is 5.78 Å². The van der Waals surface area contributed by atoms with Gasteiger partial charge >= 0.3 is 5.97 Å². The van der Waals surface area contributed by atoms with Crippen molar-refractivity contribution in [2.75, 3.05) is 0 Å². The molecule has 0 bridgehead atoms. The number of hydrogen-bond donors (Lipinski definition) is 2. The predicted octanol–water partition coefficient (Wildman–Crippen LogP) is 4.74. The molecule has 0 unspecified atom stereocenters. The van der Waals surface area contributed by atoms with E-state index in [2.05, 4.69) is 0 Å². The lowest BCUT2D eigenvalue weighted by molar-refractivity contribution is -0.131. The summed E-state index contributed by atoms with van der Waals surface area (Å²) in [4.78, 5) is 23.0. The number of allylic oxidation sites excluding steroid dienone is 3. The van der Waals surface area contributed by atoms with Crippen LogP contribution in [0.2, 0.25) is 5.02 Å². The first-order valence-electron chi connectivity index (χ1n) is 8.65. The summed E-state index contributed by atoms with van der Waals surface area (Å²) >= 11 is 5.79. The van der Waals surface area contributed by atoms with Crippen molar-refractivity contribution in [1.29, 1.82) is 0 Å². The van der Waals surface area contributed by atoms with Gasteiger partial charge < -0.3 is 10.2 Å². The number of hydrogen-bond acceptors (Lipinski definition) is 3. The topological polar surface area (TPSA) is 74.6 Å². The second-order valence-corrected chi connectivity index (χ2v) is 7.87. The number of ketones is 1. The Morgan fingerprint density at radius 2 is 1.96 bits per heavy atom. The minimum Gasteiger partial charge on any atom is -0.478 e. The molecule has 148 valence electrons. The third-order valence-electron chi connectivity index (χ3n) is 4.74. The minimum atomic E-state index is -1.51. The molecular weight excluding hydrogens is 383 g/mol. The van der Waals surface area contributed by atoms with Gasteiger partial charge in [-0.05, 0) is 47.9 Å². The Morgan fingerprint density at radius 3 is 2.57 bits per heavy atom. The molecule has 0 heterocycles. The molecule has 0 radical (unpaired) electrons. The van der Waals surface area contributed by atoms with Crippen LogP contribution in [0.15, 0.2) is 59.7 Å². The molecule has 0 amide bonds. The smallest absolute Gasteiger partial charge is 0.328 e. The zero-order valence-electron chi connectivity index (χ0n) is 15.9. The van der Waals surface area contributed by atoms with Gasteiger partial charge in [0.25, 0.3) is 0 Å². The summed E-state index contributed by atoms with van der Waals surface area (Å²) in [5.74, 6) is -1.75. The SMILES string of the molecule is CC(=C/C(=O)O)/C=C/[C@@]1(O)C(/C=C/c2ccc(F)c(Cl)c2)=CC(=O)CC1(C)C. The molecule has 6 heteroatoms. The van der Waals surface area contributed by atoms with Gasteiger partial charge in [-0.25, -0.2) is 9.18 Å².